The number of H-pyrrole nitrogens is 1. The van der Waals surface area contributed by atoms with Crippen molar-refractivity contribution in [3.63, 3.8) is 0 Å². The first kappa shape index (κ1) is 28.4. The molecule has 9 nitrogen and oxygen atoms in total. The minimum atomic E-state index is -0.874. The fourth-order valence-corrected chi connectivity index (χ4v) is 5.22. The van der Waals surface area contributed by atoms with Gasteiger partial charge >= 0.3 is 0 Å². The van der Waals surface area contributed by atoms with E-state index in [1.807, 2.05) is 44.2 Å². The maximum absolute atomic E-state index is 13.6. The van der Waals surface area contributed by atoms with E-state index in [4.69, 9.17) is 4.74 Å². The zero-order chi connectivity index (χ0) is 28.2. The van der Waals surface area contributed by atoms with Crippen LogP contribution in [0.25, 0.3) is 0 Å². The molecule has 2 amide bonds. The van der Waals surface area contributed by atoms with Crippen molar-refractivity contribution in [3.8, 4) is 0 Å². The topological polar surface area (TPSA) is 129 Å². The van der Waals surface area contributed by atoms with Crippen molar-refractivity contribution in [2.24, 2.45) is 11.8 Å². The van der Waals surface area contributed by atoms with Gasteiger partial charge < -0.3 is 19.9 Å². The Morgan fingerprint density at radius 3 is 2.46 bits per heavy atom. The Morgan fingerprint density at radius 2 is 1.82 bits per heavy atom. The molecular formula is C30H37N3O6. The zero-order valence-electron chi connectivity index (χ0n) is 22.8. The molecule has 0 unspecified atom stereocenters. The largest absolute Gasteiger partial charge is 0.361 e. The Labute approximate surface area is 228 Å². The summed E-state index contributed by atoms with van der Waals surface area (Å²) in [4.78, 5) is 69.2. The van der Waals surface area contributed by atoms with E-state index in [2.05, 4.69) is 10.3 Å². The molecule has 1 aromatic carbocycles. The van der Waals surface area contributed by atoms with Crippen LogP contribution in [0.15, 0.2) is 53.3 Å². The lowest BCUT2D eigenvalue weighted by molar-refractivity contribution is -0.134. The van der Waals surface area contributed by atoms with Crippen molar-refractivity contribution in [3.05, 3.63) is 70.1 Å². The second kappa shape index (κ2) is 12.1. The smallest absolute Gasteiger partial charge is 0.270 e. The Hall–Kier alpha value is -3.59. The van der Waals surface area contributed by atoms with Gasteiger partial charge in [-0.3, -0.25) is 24.0 Å². The molecule has 0 aliphatic carbocycles. The van der Waals surface area contributed by atoms with Crippen LogP contribution in [0.3, 0.4) is 0 Å². The molecule has 0 radical (unpaired) electrons. The maximum atomic E-state index is 13.6. The van der Waals surface area contributed by atoms with Crippen molar-refractivity contribution in [2.75, 3.05) is 13.2 Å². The number of rotatable bonds is 12. The highest BCUT2D eigenvalue weighted by Crippen LogP contribution is 2.30. The minimum Gasteiger partial charge on any atom is -0.361 e. The van der Waals surface area contributed by atoms with Gasteiger partial charge in [-0.1, -0.05) is 50.2 Å². The Bertz CT molecular complexity index is 1270. The molecule has 2 fully saturated rings. The molecule has 2 aromatic rings. The first-order valence-electron chi connectivity index (χ1n) is 13.6. The number of pyridine rings is 1. The van der Waals surface area contributed by atoms with Crippen LogP contribution in [0.5, 0.6) is 0 Å². The summed E-state index contributed by atoms with van der Waals surface area (Å²) in [5.74, 6) is -1.69. The van der Waals surface area contributed by atoms with E-state index in [0.29, 0.717) is 38.8 Å². The van der Waals surface area contributed by atoms with Crippen molar-refractivity contribution in [1.82, 2.24) is 15.2 Å². The number of aromatic amines is 1. The number of nitrogens with zero attached hydrogens (tertiary/aromatic N) is 1. The quantitative estimate of drug-likeness (QED) is 0.402. The van der Waals surface area contributed by atoms with Gasteiger partial charge in [-0.25, -0.2) is 0 Å². The number of nitrogens with one attached hydrogen (secondary N) is 2. The summed E-state index contributed by atoms with van der Waals surface area (Å²) in [7, 11) is 0. The molecule has 3 heterocycles. The zero-order valence-corrected chi connectivity index (χ0v) is 22.8. The van der Waals surface area contributed by atoms with E-state index in [1.165, 1.54) is 23.1 Å². The SMILES string of the molecule is CC(C)C[C@H](NC(=O)[C@@H](CC(=O)[C@@H]1CCCN1C(=O)c1cccc(=O)[nH]1)Cc1ccccc1)C(=O)[C@@]1(C)CO1. The molecule has 0 saturated carbocycles. The fourth-order valence-electron chi connectivity index (χ4n) is 5.22. The third-order valence-corrected chi connectivity index (χ3v) is 7.47. The predicted molar refractivity (Wildman–Crippen MR) is 145 cm³/mol. The number of ether oxygens (including phenoxy) is 1. The number of Topliss-reactive ketones (excluding diaryl/α,β-unsaturated/α-hetero) is 2. The van der Waals surface area contributed by atoms with Crippen LogP contribution in [0, 0.1) is 11.8 Å². The Kier molecular flexibility index (Phi) is 8.80. The number of ketones is 2. The van der Waals surface area contributed by atoms with E-state index in [1.54, 1.807) is 6.92 Å². The second-order valence-corrected chi connectivity index (χ2v) is 11.2. The summed E-state index contributed by atoms with van der Waals surface area (Å²) < 4.78 is 5.35. The molecule has 4 atom stereocenters. The van der Waals surface area contributed by atoms with E-state index < -0.39 is 35.1 Å². The average Bonchev–Trinajstić information content (AvgIpc) is 3.46. The molecule has 2 N–H and O–H groups in total. The molecule has 208 valence electrons. The fraction of sp³-hybridized carbons (Fsp3) is 0.500. The molecule has 0 spiro atoms. The molecule has 2 saturated heterocycles. The van der Waals surface area contributed by atoms with Crippen molar-refractivity contribution >= 4 is 23.4 Å². The molecule has 39 heavy (non-hydrogen) atoms. The lowest BCUT2D eigenvalue weighted by Gasteiger charge is -2.27. The number of carbonyl (C=O) groups is 4. The van der Waals surface area contributed by atoms with Crippen LogP contribution >= 0.6 is 0 Å². The molecule has 1 aromatic heterocycles. The van der Waals surface area contributed by atoms with Crippen molar-refractivity contribution in [2.45, 2.75) is 70.6 Å². The number of hydrogen-bond acceptors (Lipinski definition) is 6. The third-order valence-electron chi connectivity index (χ3n) is 7.47. The van der Waals surface area contributed by atoms with Gasteiger partial charge in [0.25, 0.3) is 5.91 Å². The van der Waals surface area contributed by atoms with Crippen LogP contribution in [0.4, 0.5) is 0 Å². The van der Waals surface area contributed by atoms with Gasteiger partial charge in [0.1, 0.15) is 11.3 Å². The van der Waals surface area contributed by atoms with Crippen LogP contribution < -0.4 is 10.9 Å². The summed E-state index contributed by atoms with van der Waals surface area (Å²) in [6.07, 6.45) is 1.86. The monoisotopic (exact) mass is 535 g/mol. The summed E-state index contributed by atoms with van der Waals surface area (Å²) in [6.45, 7) is 6.43. The molecule has 2 aliphatic rings. The van der Waals surface area contributed by atoms with Crippen LogP contribution in [0.2, 0.25) is 0 Å². The van der Waals surface area contributed by atoms with Crippen LogP contribution in [0.1, 0.15) is 62.5 Å². The normalized spacial score (nSPS) is 21.8. The van der Waals surface area contributed by atoms with Gasteiger partial charge in [0.15, 0.2) is 11.6 Å². The van der Waals surface area contributed by atoms with E-state index in [9.17, 15) is 24.0 Å². The Balaban J connectivity index is 1.52. The highest BCUT2D eigenvalue weighted by molar-refractivity contribution is 5.99. The second-order valence-electron chi connectivity index (χ2n) is 11.2. The van der Waals surface area contributed by atoms with Gasteiger partial charge in [0.2, 0.25) is 11.5 Å². The summed E-state index contributed by atoms with van der Waals surface area (Å²) in [5, 5.41) is 2.94. The highest BCUT2D eigenvalue weighted by Gasteiger charge is 2.50. The number of epoxide rings is 1. The van der Waals surface area contributed by atoms with Gasteiger partial charge in [-0.05, 0) is 50.2 Å². The number of hydrogen-bond donors (Lipinski definition) is 2. The standard InChI is InChI=1S/C30H37N3O6/c1-19(2)15-23(27(36)30(3)18-39-30)32-28(37)21(16-20-9-5-4-6-10-20)17-25(34)24-12-8-14-33(24)29(38)22-11-7-13-26(35)31-22/h4-7,9-11,13,19,21,23-24H,8,12,14-18H2,1-3H3,(H,31,35)(H,32,37)/t21-,23+,24+,30-/m1/s1. The van der Waals surface area contributed by atoms with E-state index in [-0.39, 0.29) is 35.5 Å². The summed E-state index contributed by atoms with van der Waals surface area (Å²) in [6, 6.07) is 12.4. The van der Waals surface area contributed by atoms with E-state index >= 15 is 0 Å². The lowest BCUT2D eigenvalue weighted by Crippen LogP contribution is -2.49. The predicted octanol–water partition coefficient (Wildman–Crippen LogP) is 2.69. The summed E-state index contributed by atoms with van der Waals surface area (Å²) >= 11 is 0. The number of aromatic nitrogens is 1. The highest BCUT2D eigenvalue weighted by atomic mass is 16.6. The van der Waals surface area contributed by atoms with Crippen LogP contribution in [-0.4, -0.2) is 64.1 Å². The van der Waals surface area contributed by atoms with Gasteiger partial charge in [0.05, 0.1) is 18.7 Å². The third kappa shape index (κ3) is 7.09. The molecular weight excluding hydrogens is 498 g/mol. The minimum absolute atomic E-state index is 0.0726. The molecule has 4 rings (SSSR count). The number of amides is 2. The van der Waals surface area contributed by atoms with Crippen molar-refractivity contribution in [1.29, 1.82) is 0 Å². The molecule has 0 bridgehead atoms. The maximum Gasteiger partial charge on any atom is 0.270 e. The lowest BCUT2D eigenvalue weighted by atomic mass is 9.89. The first-order valence-corrected chi connectivity index (χ1v) is 13.6. The number of likely N-dealkylation sites (tertiary alicyclic amines) is 1. The first-order chi connectivity index (χ1) is 18.6. The molecule has 2 aliphatic heterocycles. The van der Waals surface area contributed by atoms with Crippen LogP contribution in [-0.2, 0) is 25.5 Å². The van der Waals surface area contributed by atoms with E-state index in [0.717, 1.165) is 5.56 Å². The summed E-state index contributed by atoms with van der Waals surface area (Å²) in [5.41, 5.74) is -0.235. The average molecular weight is 536 g/mol. The van der Waals surface area contributed by atoms with Gasteiger partial charge in [-0.2, -0.15) is 0 Å². The van der Waals surface area contributed by atoms with Gasteiger partial charge in [0, 0.05) is 24.9 Å². The Morgan fingerprint density at radius 1 is 1.10 bits per heavy atom. The molecule has 9 heteroatoms. The number of benzene rings is 1. The number of carbonyl (C=O) groups excluding carboxylic acids is 4. The van der Waals surface area contributed by atoms with Gasteiger partial charge in [-0.15, -0.1) is 0 Å². The van der Waals surface area contributed by atoms with Crippen molar-refractivity contribution < 1.29 is 23.9 Å².